The van der Waals surface area contributed by atoms with Crippen LogP contribution in [-0.2, 0) is 0 Å². The maximum Gasteiger partial charge on any atom is 0.128 e. The molecule has 2 N–H and O–H groups in total. The quantitative estimate of drug-likeness (QED) is 0.821. The first kappa shape index (κ1) is 11.4. The van der Waals surface area contributed by atoms with Crippen molar-refractivity contribution in [2.75, 3.05) is 0 Å². The van der Waals surface area contributed by atoms with Gasteiger partial charge in [0.05, 0.1) is 0 Å². The third-order valence-corrected chi connectivity index (χ3v) is 2.53. The molecule has 0 aliphatic carbocycles. The van der Waals surface area contributed by atoms with E-state index in [0.29, 0.717) is 5.56 Å². The van der Waals surface area contributed by atoms with Gasteiger partial charge >= 0.3 is 0 Å². The predicted octanol–water partition coefficient (Wildman–Crippen LogP) is 3.55. The Labute approximate surface area is 91.9 Å². The van der Waals surface area contributed by atoms with Crippen molar-refractivity contribution in [3.63, 3.8) is 0 Å². The third kappa shape index (κ3) is 2.93. The highest BCUT2D eigenvalue weighted by Crippen LogP contribution is 2.23. The zero-order chi connectivity index (χ0) is 10.6. The van der Waals surface area contributed by atoms with E-state index in [1.54, 1.807) is 18.2 Å². The Morgan fingerprint density at radius 3 is 2.93 bits per heavy atom. The van der Waals surface area contributed by atoms with Crippen LogP contribution in [0.25, 0.3) is 0 Å². The van der Waals surface area contributed by atoms with E-state index in [0.717, 1.165) is 17.3 Å². The van der Waals surface area contributed by atoms with Crippen LogP contribution in [0, 0.1) is 5.82 Å². The van der Waals surface area contributed by atoms with Gasteiger partial charge in [0.25, 0.3) is 0 Å². The minimum Gasteiger partial charge on any atom is -0.324 e. The molecule has 0 fully saturated rings. The van der Waals surface area contributed by atoms with Crippen molar-refractivity contribution in [2.45, 2.75) is 18.9 Å². The lowest BCUT2D eigenvalue weighted by molar-refractivity contribution is 0.566. The summed E-state index contributed by atoms with van der Waals surface area (Å²) in [7, 11) is 0. The van der Waals surface area contributed by atoms with Crippen molar-refractivity contribution < 1.29 is 4.39 Å². The lowest BCUT2D eigenvalue weighted by Crippen LogP contribution is -2.11. The second-order valence-electron chi connectivity index (χ2n) is 3.14. The molecule has 1 rings (SSSR count). The van der Waals surface area contributed by atoms with Gasteiger partial charge in [-0.05, 0) is 31.0 Å². The maximum absolute atomic E-state index is 13.3. The topological polar surface area (TPSA) is 26.0 Å². The van der Waals surface area contributed by atoms with E-state index in [4.69, 9.17) is 5.73 Å². The summed E-state index contributed by atoms with van der Waals surface area (Å²) in [5.41, 5.74) is 6.40. The molecule has 1 aromatic carbocycles. The highest BCUT2D eigenvalue weighted by Gasteiger charge is 2.10. The SMILES string of the molecule is C=CCC[C@H](N)c1cc(Br)ccc1F. The Hall–Kier alpha value is -0.670. The van der Waals surface area contributed by atoms with E-state index in [9.17, 15) is 4.39 Å². The monoisotopic (exact) mass is 257 g/mol. The molecule has 0 aromatic heterocycles. The molecule has 1 nitrogen and oxygen atoms in total. The van der Waals surface area contributed by atoms with Crippen LogP contribution in [0.1, 0.15) is 24.4 Å². The number of hydrogen-bond donors (Lipinski definition) is 1. The molecule has 0 spiro atoms. The lowest BCUT2D eigenvalue weighted by atomic mass is 10.0. The van der Waals surface area contributed by atoms with Gasteiger partial charge in [-0.2, -0.15) is 0 Å². The largest absolute Gasteiger partial charge is 0.324 e. The molecule has 0 saturated heterocycles. The van der Waals surface area contributed by atoms with Crippen molar-refractivity contribution in [3.8, 4) is 0 Å². The fraction of sp³-hybridized carbons (Fsp3) is 0.273. The molecule has 0 bridgehead atoms. The molecule has 76 valence electrons. The Morgan fingerprint density at radius 2 is 2.29 bits per heavy atom. The number of benzene rings is 1. The molecular formula is C11H13BrFN. The van der Waals surface area contributed by atoms with Crippen molar-refractivity contribution in [1.82, 2.24) is 0 Å². The number of nitrogens with two attached hydrogens (primary N) is 1. The smallest absolute Gasteiger partial charge is 0.128 e. The Morgan fingerprint density at radius 1 is 1.57 bits per heavy atom. The summed E-state index contributed by atoms with van der Waals surface area (Å²) >= 11 is 3.29. The molecule has 0 heterocycles. The average molecular weight is 258 g/mol. The first-order valence-electron chi connectivity index (χ1n) is 4.46. The van der Waals surface area contributed by atoms with E-state index in [1.165, 1.54) is 6.07 Å². The van der Waals surface area contributed by atoms with Crippen LogP contribution in [0.2, 0.25) is 0 Å². The van der Waals surface area contributed by atoms with Crippen LogP contribution in [0.3, 0.4) is 0 Å². The number of halogens is 2. The van der Waals surface area contributed by atoms with Crippen LogP contribution in [0.15, 0.2) is 35.3 Å². The molecule has 1 aromatic rings. The fourth-order valence-electron chi connectivity index (χ4n) is 1.25. The molecule has 1 atom stereocenters. The summed E-state index contributed by atoms with van der Waals surface area (Å²) in [6, 6.07) is 4.56. The van der Waals surface area contributed by atoms with Crippen LogP contribution in [0.4, 0.5) is 4.39 Å². The molecule has 0 saturated carbocycles. The number of allylic oxidation sites excluding steroid dienone is 1. The normalized spacial score (nSPS) is 12.5. The van der Waals surface area contributed by atoms with Gasteiger partial charge in [-0.1, -0.05) is 22.0 Å². The van der Waals surface area contributed by atoms with Gasteiger partial charge < -0.3 is 5.73 Å². The van der Waals surface area contributed by atoms with E-state index in [2.05, 4.69) is 22.5 Å². The summed E-state index contributed by atoms with van der Waals surface area (Å²) in [4.78, 5) is 0. The van der Waals surface area contributed by atoms with E-state index >= 15 is 0 Å². The second-order valence-corrected chi connectivity index (χ2v) is 4.05. The standard InChI is InChI=1S/C11H13BrFN/c1-2-3-4-11(14)9-7-8(12)5-6-10(9)13/h2,5-7,11H,1,3-4,14H2/t11-/m0/s1. The van der Waals surface area contributed by atoms with Gasteiger partial charge in [-0.3, -0.25) is 0 Å². The first-order valence-corrected chi connectivity index (χ1v) is 5.26. The van der Waals surface area contributed by atoms with Crippen LogP contribution >= 0.6 is 15.9 Å². The summed E-state index contributed by atoms with van der Waals surface area (Å²) in [6.45, 7) is 3.61. The first-order chi connectivity index (χ1) is 6.65. The van der Waals surface area contributed by atoms with Gasteiger partial charge in [-0.15, -0.1) is 6.58 Å². The van der Waals surface area contributed by atoms with Crippen LogP contribution in [0.5, 0.6) is 0 Å². The molecule has 3 heteroatoms. The van der Waals surface area contributed by atoms with Crippen LogP contribution in [-0.4, -0.2) is 0 Å². The summed E-state index contributed by atoms with van der Waals surface area (Å²) in [5.74, 6) is -0.246. The Balaban J connectivity index is 2.82. The number of rotatable bonds is 4. The minimum absolute atomic E-state index is 0.246. The Kier molecular flexibility index (Phi) is 4.29. The van der Waals surface area contributed by atoms with Gasteiger partial charge in [0.2, 0.25) is 0 Å². The molecule has 0 aliphatic heterocycles. The number of hydrogen-bond acceptors (Lipinski definition) is 1. The second kappa shape index (κ2) is 5.27. The maximum atomic E-state index is 13.3. The average Bonchev–Trinajstić information content (AvgIpc) is 2.18. The van der Waals surface area contributed by atoms with Gasteiger partial charge in [0, 0.05) is 16.1 Å². The van der Waals surface area contributed by atoms with E-state index < -0.39 is 0 Å². The predicted molar refractivity (Wildman–Crippen MR) is 60.5 cm³/mol. The molecule has 0 amide bonds. The van der Waals surface area contributed by atoms with E-state index in [1.807, 2.05) is 0 Å². The van der Waals surface area contributed by atoms with Crippen molar-refractivity contribution >= 4 is 15.9 Å². The zero-order valence-corrected chi connectivity index (χ0v) is 9.43. The molecule has 0 radical (unpaired) electrons. The highest BCUT2D eigenvalue weighted by atomic mass is 79.9. The minimum atomic E-state index is -0.259. The highest BCUT2D eigenvalue weighted by molar-refractivity contribution is 9.10. The summed E-state index contributed by atoms with van der Waals surface area (Å²) in [5, 5.41) is 0. The molecule has 0 unspecified atom stereocenters. The molecule has 0 aliphatic rings. The van der Waals surface area contributed by atoms with Crippen molar-refractivity contribution in [1.29, 1.82) is 0 Å². The third-order valence-electron chi connectivity index (χ3n) is 2.04. The van der Waals surface area contributed by atoms with Crippen LogP contribution < -0.4 is 5.73 Å². The zero-order valence-electron chi connectivity index (χ0n) is 7.84. The Bertz CT molecular complexity index is 325. The van der Waals surface area contributed by atoms with Gasteiger partial charge in [0.15, 0.2) is 0 Å². The molecular weight excluding hydrogens is 245 g/mol. The molecule has 14 heavy (non-hydrogen) atoms. The summed E-state index contributed by atoms with van der Waals surface area (Å²) < 4.78 is 14.2. The van der Waals surface area contributed by atoms with Gasteiger partial charge in [-0.25, -0.2) is 4.39 Å². The van der Waals surface area contributed by atoms with Crippen molar-refractivity contribution in [3.05, 3.63) is 46.7 Å². The lowest BCUT2D eigenvalue weighted by Gasteiger charge is -2.11. The van der Waals surface area contributed by atoms with Crippen molar-refractivity contribution in [2.24, 2.45) is 5.73 Å². The van der Waals surface area contributed by atoms with Gasteiger partial charge in [0.1, 0.15) is 5.82 Å². The van der Waals surface area contributed by atoms with E-state index in [-0.39, 0.29) is 11.9 Å². The summed E-state index contributed by atoms with van der Waals surface area (Å²) in [6.07, 6.45) is 3.31. The fourth-order valence-corrected chi connectivity index (χ4v) is 1.63.